The van der Waals surface area contributed by atoms with Crippen LogP contribution in [0.4, 0.5) is 10.7 Å². The molecule has 0 atom stereocenters. The van der Waals surface area contributed by atoms with Gasteiger partial charge in [-0.25, -0.2) is 4.79 Å². The molecule has 6 rings (SSSR count). The summed E-state index contributed by atoms with van der Waals surface area (Å²) in [6, 6.07) is 23.2. The van der Waals surface area contributed by atoms with Crippen molar-refractivity contribution >= 4 is 45.8 Å². The molecule has 2 aliphatic rings. The smallest absolute Gasteiger partial charge is 0.337 e. The zero-order valence-corrected chi connectivity index (χ0v) is 30.0. The second kappa shape index (κ2) is 16.9. The van der Waals surface area contributed by atoms with E-state index >= 15 is 0 Å². The van der Waals surface area contributed by atoms with Gasteiger partial charge in [0.15, 0.2) is 0 Å². The predicted octanol–water partition coefficient (Wildman–Crippen LogP) is 7.52. The molecule has 0 saturated heterocycles. The van der Waals surface area contributed by atoms with Crippen molar-refractivity contribution in [1.29, 1.82) is 0 Å². The number of methoxy groups -OCH3 is 2. The average Bonchev–Trinajstić information content (AvgIpc) is 3.54. The lowest BCUT2D eigenvalue weighted by Crippen LogP contribution is -2.34. The molecule has 1 heterocycles. The number of ether oxygens (including phenoxy) is 2. The molecule has 2 amide bonds. The normalized spacial score (nSPS) is 16.8. The van der Waals surface area contributed by atoms with Crippen LogP contribution >= 0.6 is 11.3 Å². The first-order chi connectivity index (χ1) is 24.8. The molecule has 4 aromatic rings. The first-order valence-electron chi connectivity index (χ1n) is 17.7. The minimum Gasteiger partial charge on any atom is -0.469 e. The maximum absolute atomic E-state index is 13.8. The van der Waals surface area contributed by atoms with Gasteiger partial charge < -0.3 is 25.4 Å². The minimum absolute atomic E-state index is 0.0156. The molecule has 0 radical (unpaired) electrons. The highest BCUT2D eigenvalue weighted by Gasteiger charge is 2.28. The van der Waals surface area contributed by atoms with E-state index in [1.807, 2.05) is 54.6 Å². The van der Waals surface area contributed by atoms with Crippen molar-refractivity contribution in [2.75, 3.05) is 24.9 Å². The Morgan fingerprint density at radius 1 is 0.725 bits per heavy atom. The molecule has 3 aromatic carbocycles. The molecule has 0 aliphatic heterocycles. The number of thiophene rings is 1. The summed E-state index contributed by atoms with van der Waals surface area (Å²) in [5.41, 5.74) is 6.61. The van der Waals surface area contributed by atoms with Crippen LogP contribution in [-0.2, 0) is 46.5 Å². The summed E-state index contributed by atoms with van der Waals surface area (Å²) >= 11 is 1.51. The SMILES string of the molecule is COC(=O)c1ccc(CCc2ccc(NC(=O)c3c(NC(=O)c4cccc(CNC5CCC(C(=O)OC)CC5)c4)sc4c3CCCC4)cc2)cc1. The molecule has 1 saturated carbocycles. The van der Waals surface area contributed by atoms with E-state index < -0.39 is 0 Å². The highest BCUT2D eigenvalue weighted by atomic mass is 32.1. The standard InChI is InChI=1S/C41H45N3O6S/c1-49-40(47)29-16-12-26(13-17-29)10-11-27-14-20-33(21-15-27)43-38(46)36-34-8-3-4-9-35(34)51-39(36)44-37(45)31-7-5-6-28(24-31)25-42-32-22-18-30(19-23-32)41(48)50-2/h5-7,12-17,20-21,24,30,32,42H,3-4,8-11,18-19,22-23,25H2,1-2H3,(H,43,46)(H,44,45). The molecule has 3 N–H and O–H groups in total. The van der Waals surface area contributed by atoms with Crippen LogP contribution in [0.1, 0.15) is 96.7 Å². The average molecular weight is 708 g/mol. The first-order valence-corrected chi connectivity index (χ1v) is 18.6. The van der Waals surface area contributed by atoms with Crippen LogP contribution in [0.3, 0.4) is 0 Å². The van der Waals surface area contributed by atoms with Gasteiger partial charge in [0, 0.05) is 28.7 Å². The van der Waals surface area contributed by atoms with Crippen molar-refractivity contribution < 1.29 is 28.7 Å². The monoisotopic (exact) mass is 707 g/mol. The number of amides is 2. The van der Waals surface area contributed by atoms with E-state index in [1.54, 1.807) is 18.2 Å². The summed E-state index contributed by atoms with van der Waals surface area (Å²) in [5, 5.41) is 10.3. The Morgan fingerprint density at radius 3 is 2.10 bits per heavy atom. The van der Waals surface area contributed by atoms with Crippen LogP contribution in [0.2, 0.25) is 0 Å². The predicted molar refractivity (Wildman–Crippen MR) is 200 cm³/mol. The van der Waals surface area contributed by atoms with Gasteiger partial charge in [-0.1, -0.05) is 36.4 Å². The van der Waals surface area contributed by atoms with Crippen LogP contribution in [0.5, 0.6) is 0 Å². The lowest BCUT2D eigenvalue weighted by atomic mass is 9.86. The van der Waals surface area contributed by atoms with E-state index in [0.29, 0.717) is 40.0 Å². The molecule has 266 valence electrons. The maximum Gasteiger partial charge on any atom is 0.337 e. The van der Waals surface area contributed by atoms with Crippen molar-refractivity contribution in [3.05, 3.63) is 117 Å². The Morgan fingerprint density at radius 2 is 1.41 bits per heavy atom. The Bertz CT molecular complexity index is 1860. The van der Waals surface area contributed by atoms with E-state index in [9.17, 15) is 19.2 Å². The molecule has 2 aliphatic carbocycles. The molecule has 0 bridgehead atoms. The molecule has 51 heavy (non-hydrogen) atoms. The first kappa shape index (κ1) is 36.0. The number of nitrogens with one attached hydrogen (secondary N) is 3. The van der Waals surface area contributed by atoms with Crippen LogP contribution in [0, 0.1) is 5.92 Å². The van der Waals surface area contributed by atoms with Crippen LogP contribution in [-0.4, -0.2) is 44.0 Å². The number of carbonyl (C=O) groups excluding carboxylic acids is 4. The second-order valence-electron chi connectivity index (χ2n) is 13.4. The number of esters is 2. The number of benzene rings is 3. The Hall–Kier alpha value is -4.80. The number of aryl methyl sites for hydroxylation is 3. The number of fused-ring (bicyclic) bond motifs is 1. The number of anilines is 2. The molecule has 1 fully saturated rings. The van der Waals surface area contributed by atoms with E-state index in [2.05, 4.69) is 16.0 Å². The molecular formula is C41H45N3O6S. The Labute approximate surface area is 303 Å². The van der Waals surface area contributed by atoms with Gasteiger partial charge >= 0.3 is 11.9 Å². The topological polar surface area (TPSA) is 123 Å². The van der Waals surface area contributed by atoms with Crippen LogP contribution < -0.4 is 16.0 Å². The summed E-state index contributed by atoms with van der Waals surface area (Å²) in [6.45, 7) is 0.624. The van der Waals surface area contributed by atoms with E-state index in [0.717, 1.165) is 91.3 Å². The summed E-state index contributed by atoms with van der Waals surface area (Å²) in [4.78, 5) is 52.1. The Kier molecular flexibility index (Phi) is 12.0. The van der Waals surface area contributed by atoms with E-state index in [4.69, 9.17) is 9.47 Å². The lowest BCUT2D eigenvalue weighted by molar-refractivity contribution is -0.146. The lowest BCUT2D eigenvalue weighted by Gasteiger charge is -2.27. The number of carbonyl (C=O) groups is 4. The van der Waals surface area contributed by atoms with Crippen molar-refractivity contribution in [2.45, 2.75) is 76.8 Å². The molecule has 1 aromatic heterocycles. The zero-order valence-electron chi connectivity index (χ0n) is 29.2. The van der Waals surface area contributed by atoms with Crippen molar-refractivity contribution in [3.63, 3.8) is 0 Å². The number of hydrogen-bond donors (Lipinski definition) is 3. The largest absolute Gasteiger partial charge is 0.469 e. The van der Waals surface area contributed by atoms with Gasteiger partial charge in [-0.3, -0.25) is 14.4 Å². The Balaban J connectivity index is 1.07. The fourth-order valence-electron chi connectivity index (χ4n) is 7.02. The quantitative estimate of drug-likeness (QED) is 0.130. The second-order valence-corrected chi connectivity index (χ2v) is 14.5. The number of hydrogen-bond acceptors (Lipinski definition) is 8. The summed E-state index contributed by atoms with van der Waals surface area (Å²) < 4.78 is 9.68. The summed E-state index contributed by atoms with van der Waals surface area (Å²) in [6.07, 6.45) is 8.87. The molecular weight excluding hydrogens is 663 g/mol. The van der Waals surface area contributed by atoms with Crippen LogP contribution in [0.25, 0.3) is 0 Å². The maximum atomic E-state index is 13.8. The highest BCUT2D eigenvalue weighted by molar-refractivity contribution is 7.17. The summed E-state index contributed by atoms with van der Waals surface area (Å²) in [5.74, 6) is -0.948. The number of rotatable bonds is 12. The minimum atomic E-state index is -0.348. The summed E-state index contributed by atoms with van der Waals surface area (Å²) in [7, 11) is 2.82. The fraction of sp³-hybridized carbons (Fsp3) is 0.366. The van der Waals surface area contributed by atoms with Crippen LogP contribution in [0.15, 0.2) is 72.8 Å². The van der Waals surface area contributed by atoms with Gasteiger partial charge in [-0.2, -0.15) is 0 Å². The van der Waals surface area contributed by atoms with Gasteiger partial charge in [-0.15, -0.1) is 11.3 Å². The third kappa shape index (κ3) is 9.11. The fourth-order valence-corrected chi connectivity index (χ4v) is 8.30. The zero-order chi connectivity index (χ0) is 35.7. The van der Waals surface area contributed by atoms with Crippen molar-refractivity contribution in [2.24, 2.45) is 5.92 Å². The van der Waals surface area contributed by atoms with Gasteiger partial charge in [0.2, 0.25) is 0 Å². The third-order valence-corrected chi connectivity index (χ3v) is 11.2. The van der Waals surface area contributed by atoms with E-state index in [-0.39, 0.29) is 29.7 Å². The van der Waals surface area contributed by atoms with Gasteiger partial charge in [-0.05, 0) is 123 Å². The molecule has 10 heteroatoms. The highest BCUT2D eigenvalue weighted by Crippen LogP contribution is 2.39. The van der Waals surface area contributed by atoms with Gasteiger partial charge in [0.05, 0.1) is 31.3 Å². The van der Waals surface area contributed by atoms with Gasteiger partial charge in [0.25, 0.3) is 11.8 Å². The molecule has 9 nitrogen and oxygen atoms in total. The molecule has 0 unspecified atom stereocenters. The molecule has 0 spiro atoms. The van der Waals surface area contributed by atoms with Crippen molar-refractivity contribution in [1.82, 2.24) is 5.32 Å². The van der Waals surface area contributed by atoms with E-state index in [1.165, 1.54) is 25.6 Å². The van der Waals surface area contributed by atoms with Gasteiger partial charge in [0.1, 0.15) is 5.00 Å². The van der Waals surface area contributed by atoms with Crippen molar-refractivity contribution in [3.8, 4) is 0 Å². The third-order valence-electron chi connectivity index (χ3n) is 9.96.